The smallest absolute Gasteiger partial charge is 0.161 e. The first-order valence-electron chi connectivity index (χ1n) is 6.78. The van der Waals surface area contributed by atoms with Crippen LogP contribution in [0.3, 0.4) is 0 Å². The van der Waals surface area contributed by atoms with Crippen LogP contribution < -0.4 is 0 Å². The molecule has 3 aromatic heterocycles. The summed E-state index contributed by atoms with van der Waals surface area (Å²) < 4.78 is 0. The van der Waals surface area contributed by atoms with Gasteiger partial charge in [-0.1, -0.05) is 6.92 Å². The summed E-state index contributed by atoms with van der Waals surface area (Å²) in [6.45, 7) is 5.60. The normalized spacial score (nSPS) is 11.0. The van der Waals surface area contributed by atoms with Crippen LogP contribution in [-0.4, -0.2) is 25.7 Å². The van der Waals surface area contributed by atoms with Gasteiger partial charge < -0.3 is 9.97 Å². The van der Waals surface area contributed by atoms with E-state index in [2.05, 4.69) is 26.9 Å². The Kier molecular flexibility index (Phi) is 3.47. The maximum Gasteiger partial charge on any atom is 0.161 e. The van der Waals surface area contributed by atoms with Gasteiger partial charge in [-0.05, 0) is 25.8 Å². The van der Waals surface area contributed by atoms with Gasteiger partial charge in [-0.25, -0.2) is 9.97 Å². The molecule has 5 nitrogen and oxygen atoms in total. The predicted molar refractivity (Wildman–Crippen MR) is 83.6 cm³/mol. The molecule has 0 bridgehead atoms. The van der Waals surface area contributed by atoms with Crippen molar-refractivity contribution in [3.8, 4) is 22.1 Å². The lowest BCUT2D eigenvalue weighted by atomic mass is 10.0. The van der Waals surface area contributed by atoms with E-state index >= 15 is 0 Å². The van der Waals surface area contributed by atoms with Crippen LogP contribution in [0.4, 0.5) is 0 Å². The summed E-state index contributed by atoms with van der Waals surface area (Å²) in [4.78, 5) is 26.9. The largest absolute Gasteiger partial charge is 0.356 e. The van der Waals surface area contributed by atoms with E-state index in [0.29, 0.717) is 0 Å². The fourth-order valence-electron chi connectivity index (χ4n) is 2.61. The maximum absolute atomic E-state index is 11.8. The Labute approximate surface area is 126 Å². The number of carbonyl (C=O) groups excluding carboxylic acids is 1. The van der Waals surface area contributed by atoms with Gasteiger partial charge in [0.25, 0.3) is 0 Å². The van der Waals surface area contributed by atoms with E-state index < -0.39 is 0 Å². The SMILES string of the molecule is CCc1c(-c2csc(-c3cnc[nH]3)n2)[nH]c(C)c1C(C)=O. The van der Waals surface area contributed by atoms with Crippen LogP contribution in [0, 0.1) is 6.92 Å². The van der Waals surface area contributed by atoms with Crippen LogP contribution in [0.1, 0.15) is 35.5 Å². The monoisotopic (exact) mass is 300 g/mol. The number of nitrogens with one attached hydrogen (secondary N) is 2. The van der Waals surface area contributed by atoms with Crippen molar-refractivity contribution in [1.82, 2.24) is 19.9 Å². The third-order valence-electron chi connectivity index (χ3n) is 3.49. The van der Waals surface area contributed by atoms with Gasteiger partial charge in [0.1, 0.15) is 5.01 Å². The van der Waals surface area contributed by atoms with Crippen LogP contribution >= 0.6 is 11.3 Å². The zero-order valence-electron chi connectivity index (χ0n) is 12.2. The van der Waals surface area contributed by atoms with Gasteiger partial charge in [-0.15, -0.1) is 11.3 Å². The number of ketones is 1. The minimum Gasteiger partial charge on any atom is -0.356 e. The van der Waals surface area contributed by atoms with E-state index in [4.69, 9.17) is 0 Å². The number of aromatic nitrogens is 4. The lowest BCUT2D eigenvalue weighted by molar-refractivity contribution is 0.101. The first kappa shape index (κ1) is 13.8. The highest BCUT2D eigenvalue weighted by Crippen LogP contribution is 2.32. The van der Waals surface area contributed by atoms with Gasteiger partial charge in [0, 0.05) is 16.6 Å². The molecule has 0 fully saturated rings. The van der Waals surface area contributed by atoms with Crippen molar-refractivity contribution in [2.24, 2.45) is 0 Å². The number of Topliss-reactive ketones (excluding diaryl/α,β-unsaturated/α-hetero) is 1. The van der Waals surface area contributed by atoms with Crippen LogP contribution in [-0.2, 0) is 6.42 Å². The van der Waals surface area contributed by atoms with E-state index in [1.807, 2.05) is 12.3 Å². The van der Waals surface area contributed by atoms with Crippen molar-refractivity contribution in [1.29, 1.82) is 0 Å². The number of hydrogen-bond acceptors (Lipinski definition) is 4. The number of H-pyrrole nitrogens is 2. The fraction of sp³-hybridized carbons (Fsp3) is 0.267. The Morgan fingerprint density at radius 1 is 1.43 bits per heavy atom. The van der Waals surface area contributed by atoms with Crippen LogP contribution in [0.25, 0.3) is 22.1 Å². The molecule has 0 aliphatic heterocycles. The Morgan fingerprint density at radius 3 is 2.86 bits per heavy atom. The molecule has 0 amide bonds. The zero-order valence-corrected chi connectivity index (χ0v) is 13.0. The number of imidazole rings is 1. The second kappa shape index (κ2) is 5.29. The Morgan fingerprint density at radius 2 is 2.24 bits per heavy atom. The molecule has 0 radical (unpaired) electrons. The number of hydrogen-bond donors (Lipinski definition) is 2. The van der Waals surface area contributed by atoms with E-state index in [1.165, 1.54) is 0 Å². The minimum atomic E-state index is 0.0934. The van der Waals surface area contributed by atoms with Gasteiger partial charge in [0.15, 0.2) is 5.78 Å². The third-order valence-corrected chi connectivity index (χ3v) is 4.36. The summed E-state index contributed by atoms with van der Waals surface area (Å²) >= 11 is 1.56. The molecule has 0 saturated carbocycles. The summed E-state index contributed by atoms with van der Waals surface area (Å²) in [6, 6.07) is 0. The summed E-state index contributed by atoms with van der Waals surface area (Å²) in [7, 11) is 0. The highest BCUT2D eigenvalue weighted by molar-refractivity contribution is 7.13. The molecule has 0 saturated heterocycles. The van der Waals surface area contributed by atoms with Gasteiger partial charge in [-0.3, -0.25) is 4.79 Å². The number of thiazole rings is 1. The first-order chi connectivity index (χ1) is 10.1. The molecular weight excluding hydrogens is 284 g/mol. The minimum absolute atomic E-state index is 0.0934. The Balaban J connectivity index is 2.09. The lowest BCUT2D eigenvalue weighted by Crippen LogP contribution is -1.97. The van der Waals surface area contributed by atoms with E-state index in [-0.39, 0.29) is 5.78 Å². The Bertz CT molecular complexity index is 783. The van der Waals surface area contributed by atoms with Crippen LogP contribution in [0.5, 0.6) is 0 Å². The third kappa shape index (κ3) is 2.31. The quantitative estimate of drug-likeness (QED) is 0.723. The lowest BCUT2D eigenvalue weighted by Gasteiger charge is -2.00. The topological polar surface area (TPSA) is 74.4 Å². The summed E-state index contributed by atoms with van der Waals surface area (Å²) in [6.07, 6.45) is 4.19. The summed E-state index contributed by atoms with van der Waals surface area (Å²) in [5.74, 6) is 0.0934. The highest BCUT2D eigenvalue weighted by atomic mass is 32.1. The molecule has 0 spiro atoms. The molecule has 2 N–H and O–H groups in total. The molecule has 3 heterocycles. The number of rotatable bonds is 4. The van der Waals surface area contributed by atoms with Crippen molar-refractivity contribution in [3.05, 3.63) is 34.7 Å². The van der Waals surface area contributed by atoms with Crippen molar-refractivity contribution < 1.29 is 4.79 Å². The number of aromatic amines is 2. The molecule has 0 aliphatic rings. The summed E-state index contributed by atoms with van der Waals surface area (Å²) in [5.41, 5.74) is 5.47. The molecule has 3 rings (SSSR count). The molecule has 0 aliphatic carbocycles. The van der Waals surface area contributed by atoms with Gasteiger partial charge in [0.2, 0.25) is 0 Å². The van der Waals surface area contributed by atoms with Crippen molar-refractivity contribution in [3.63, 3.8) is 0 Å². The molecule has 0 unspecified atom stereocenters. The van der Waals surface area contributed by atoms with Crippen molar-refractivity contribution in [2.45, 2.75) is 27.2 Å². The number of aryl methyl sites for hydroxylation is 1. The van der Waals surface area contributed by atoms with E-state index in [1.54, 1.807) is 30.8 Å². The molecule has 0 aromatic carbocycles. The van der Waals surface area contributed by atoms with Crippen molar-refractivity contribution >= 4 is 17.1 Å². The maximum atomic E-state index is 11.8. The average molecular weight is 300 g/mol. The molecule has 21 heavy (non-hydrogen) atoms. The number of carbonyl (C=O) groups is 1. The Hall–Kier alpha value is -2.21. The molecular formula is C15H16N4OS. The predicted octanol–water partition coefficient (Wildman–Crippen LogP) is 3.60. The second-order valence-electron chi connectivity index (χ2n) is 4.89. The highest BCUT2D eigenvalue weighted by Gasteiger charge is 2.20. The summed E-state index contributed by atoms with van der Waals surface area (Å²) in [5, 5.41) is 2.89. The van der Waals surface area contributed by atoms with E-state index in [0.717, 1.165) is 45.3 Å². The number of nitrogens with zero attached hydrogens (tertiary/aromatic N) is 2. The standard InChI is InChI=1S/C15H16N4OS/c1-4-10-13(9(3)20)8(2)18-14(10)12-6-21-15(19-12)11-5-16-7-17-11/h5-7,18H,4H2,1-3H3,(H,16,17). The van der Waals surface area contributed by atoms with Gasteiger partial charge in [0.05, 0.1) is 29.6 Å². The molecule has 0 atom stereocenters. The van der Waals surface area contributed by atoms with Gasteiger partial charge in [-0.2, -0.15) is 0 Å². The molecule has 108 valence electrons. The van der Waals surface area contributed by atoms with Gasteiger partial charge >= 0.3 is 0 Å². The zero-order chi connectivity index (χ0) is 15.0. The molecule has 6 heteroatoms. The van der Waals surface area contributed by atoms with Crippen LogP contribution in [0.2, 0.25) is 0 Å². The average Bonchev–Trinajstić information content (AvgIpc) is 3.16. The molecule has 3 aromatic rings. The fourth-order valence-corrected chi connectivity index (χ4v) is 3.39. The second-order valence-corrected chi connectivity index (χ2v) is 5.75. The van der Waals surface area contributed by atoms with E-state index in [9.17, 15) is 4.79 Å². The first-order valence-corrected chi connectivity index (χ1v) is 7.66. The van der Waals surface area contributed by atoms with Crippen LogP contribution in [0.15, 0.2) is 17.9 Å². The van der Waals surface area contributed by atoms with Crippen molar-refractivity contribution in [2.75, 3.05) is 0 Å².